The van der Waals surface area contributed by atoms with Crippen molar-refractivity contribution in [3.05, 3.63) is 34.9 Å². The van der Waals surface area contributed by atoms with Crippen molar-refractivity contribution in [3.8, 4) is 5.75 Å². The second-order valence-corrected chi connectivity index (χ2v) is 8.29. The number of hydrogen-bond acceptors (Lipinski definition) is 3. The van der Waals surface area contributed by atoms with Gasteiger partial charge >= 0.3 is 5.97 Å². The standard InChI is InChI=1S/C22H29NO3/c1-15-9-17-11-21(26-20-5-3-2-4-6-20)8-7-16(17)10-18(15)12-23-13-19(14-23)22(24)25/h7-8,10-11,15,19-20H,2-6,9,12-14H2,1H3,(H,24,25). The minimum absolute atomic E-state index is 0.179. The van der Waals surface area contributed by atoms with Gasteiger partial charge in [0.1, 0.15) is 5.75 Å². The summed E-state index contributed by atoms with van der Waals surface area (Å²) in [5.41, 5.74) is 4.09. The van der Waals surface area contributed by atoms with Gasteiger partial charge in [-0.25, -0.2) is 0 Å². The molecular formula is C22H29NO3. The summed E-state index contributed by atoms with van der Waals surface area (Å²) in [4.78, 5) is 13.2. The molecule has 4 nitrogen and oxygen atoms in total. The molecule has 0 amide bonds. The topological polar surface area (TPSA) is 49.8 Å². The Morgan fingerprint density at radius 3 is 2.73 bits per heavy atom. The molecule has 1 heterocycles. The lowest BCUT2D eigenvalue weighted by molar-refractivity contribution is -0.147. The SMILES string of the molecule is CC1Cc2cc(OC3CCCCC3)ccc2C=C1CN1CC(C(=O)O)C1. The van der Waals surface area contributed by atoms with Crippen molar-refractivity contribution < 1.29 is 14.6 Å². The van der Waals surface area contributed by atoms with E-state index in [0.717, 1.165) is 18.7 Å². The van der Waals surface area contributed by atoms with Crippen LogP contribution >= 0.6 is 0 Å². The zero-order valence-corrected chi connectivity index (χ0v) is 15.6. The highest BCUT2D eigenvalue weighted by atomic mass is 16.5. The molecule has 1 saturated heterocycles. The van der Waals surface area contributed by atoms with E-state index in [4.69, 9.17) is 9.84 Å². The van der Waals surface area contributed by atoms with Crippen LogP contribution in [0.4, 0.5) is 0 Å². The first-order valence-corrected chi connectivity index (χ1v) is 10.0. The molecule has 1 aliphatic heterocycles. The van der Waals surface area contributed by atoms with Crippen LogP contribution in [-0.2, 0) is 11.2 Å². The van der Waals surface area contributed by atoms with Crippen LogP contribution in [0.15, 0.2) is 23.8 Å². The van der Waals surface area contributed by atoms with E-state index in [1.54, 1.807) is 0 Å². The van der Waals surface area contributed by atoms with Crippen molar-refractivity contribution in [1.82, 2.24) is 4.90 Å². The number of rotatable bonds is 5. The van der Waals surface area contributed by atoms with Gasteiger partial charge in [-0.3, -0.25) is 9.69 Å². The Bertz CT molecular complexity index is 699. The van der Waals surface area contributed by atoms with Crippen molar-refractivity contribution in [2.24, 2.45) is 11.8 Å². The lowest BCUT2D eigenvalue weighted by Crippen LogP contribution is -2.51. The van der Waals surface area contributed by atoms with Gasteiger partial charge < -0.3 is 9.84 Å². The predicted octanol–water partition coefficient (Wildman–Crippen LogP) is 3.99. The predicted molar refractivity (Wildman–Crippen MR) is 102 cm³/mol. The molecule has 2 fully saturated rings. The molecule has 0 aromatic heterocycles. The zero-order valence-electron chi connectivity index (χ0n) is 15.6. The average molecular weight is 355 g/mol. The number of benzene rings is 1. The Hall–Kier alpha value is -1.81. The van der Waals surface area contributed by atoms with Crippen LogP contribution in [-0.4, -0.2) is 41.7 Å². The number of aliphatic carboxylic acids is 1. The zero-order chi connectivity index (χ0) is 18.1. The molecule has 2 aliphatic carbocycles. The number of carboxylic acid groups (broad SMARTS) is 1. The van der Waals surface area contributed by atoms with Crippen LogP contribution in [0.2, 0.25) is 0 Å². The second kappa shape index (κ2) is 7.43. The van der Waals surface area contributed by atoms with Crippen LogP contribution in [0.3, 0.4) is 0 Å². The molecular weight excluding hydrogens is 326 g/mol. The van der Waals surface area contributed by atoms with Gasteiger partial charge in [-0.15, -0.1) is 0 Å². The molecule has 140 valence electrons. The number of carbonyl (C=O) groups is 1. The highest BCUT2D eigenvalue weighted by Crippen LogP contribution is 2.33. The van der Waals surface area contributed by atoms with Gasteiger partial charge in [0.05, 0.1) is 12.0 Å². The number of hydrogen-bond donors (Lipinski definition) is 1. The minimum atomic E-state index is -0.664. The number of nitrogens with zero attached hydrogens (tertiary/aromatic N) is 1. The first kappa shape index (κ1) is 17.6. The number of fused-ring (bicyclic) bond motifs is 1. The summed E-state index contributed by atoms with van der Waals surface area (Å²) in [5.74, 6) is 0.673. The summed E-state index contributed by atoms with van der Waals surface area (Å²) in [6, 6.07) is 6.54. The van der Waals surface area contributed by atoms with Crippen molar-refractivity contribution in [2.45, 2.75) is 51.6 Å². The largest absolute Gasteiger partial charge is 0.490 e. The molecule has 26 heavy (non-hydrogen) atoms. The van der Waals surface area contributed by atoms with Gasteiger partial charge in [-0.2, -0.15) is 0 Å². The highest BCUT2D eigenvalue weighted by molar-refractivity contribution is 5.71. The van der Waals surface area contributed by atoms with Crippen LogP contribution in [0.25, 0.3) is 6.08 Å². The lowest BCUT2D eigenvalue weighted by Gasteiger charge is -2.38. The van der Waals surface area contributed by atoms with E-state index >= 15 is 0 Å². The Morgan fingerprint density at radius 1 is 1.23 bits per heavy atom. The van der Waals surface area contributed by atoms with Crippen LogP contribution in [0.1, 0.15) is 50.2 Å². The molecule has 1 atom stereocenters. The van der Waals surface area contributed by atoms with Crippen molar-refractivity contribution in [1.29, 1.82) is 0 Å². The quantitative estimate of drug-likeness (QED) is 0.868. The smallest absolute Gasteiger partial charge is 0.309 e. The summed E-state index contributed by atoms with van der Waals surface area (Å²) < 4.78 is 6.22. The van der Waals surface area contributed by atoms with Gasteiger partial charge in [-0.05, 0) is 61.3 Å². The molecule has 1 N–H and O–H groups in total. The van der Waals surface area contributed by atoms with Gasteiger partial charge in [-0.1, -0.05) is 31.1 Å². The third-order valence-electron chi connectivity index (χ3n) is 6.18. The maximum Gasteiger partial charge on any atom is 0.309 e. The summed E-state index contributed by atoms with van der Waals surface area (Å²) in [6.07, 6.45) is 10.0. The molecule has 4 heteroatoms. The minimum Gasteiger partial charge on any atom is -0.490 e. The number of carboxylic acids is 1. The van der Waals surface area contributed by atoms with E-state index in [1.165, 1.54) is 48.8 Å². The monoisotopic (exact) mass is 355 g/mol. The van der Waals surface area contributed by atoms with Crippen LogP contribution < -0.4 is 4.74 Å². The first-order chi connectivity index (χ1) is 12.6. The molecule has 0 radical (unpaired) electrons. The molecule has 0 bridgehead atoms. The van der Waals surface area contributed by atoms with Gasteiger partial charge in [0.2, 0.25) is 0 Å². The molecule has 4 rings (SSSR count). The third-order valence-corrected chi connectivity index (χ3v) is 6.18. The lowest BCUT2D eigenvalue weighted by atomic mass is 9.83. The van der Waals surface area contributed by atoms with E-state index in [0.29, 0.717) is 25.1 Å². The summed E-state index contributed by atoms with van der Waals surface area (Å²) >= 11 is 0. The Labute approximate surface area is 155 Å². The van der Waals surface area contributed by atoms with Gasteiger partial charge in [0.15, 0.2) is 0 Å². The van der Waals surface area contributed by atoms with Crippen molar-refractivity contribution in [3.63, 3.8) is 0 Å². The Morgan fingerprint density at radius 2 is 2.00 bits per heavy atom. The van der Waals surface area contributed by atoms with Crippen LogP contribution in [0, 0.1) is 11.8 Å². The fraction of sp³-hybridized carbons (Fsp3) is 0.591. The van der Waals surface area contributed by atoms with Crippen molar-refractivity contribution in [2.75, 3.05) is 19.6 Å². The maximum atomic E-state index is 11.0. The van der Waals surface area contributed by atoms with E-state index in [2.05, 4.69) is 36.1 Å². The van der Waals surface area contributed by atoms with Crippen molar-refractivity contribution >= 4 is 12.0 Å². The van der Waals surface area contributed by atoms with Gasteiger partial charge in [0, 0.05) is 19.6 Å². The highest BCUT2D eigenvalue weighted by Gasteiger charge is 2.33. The molecule has 1 aromatic rings. The Balaban J connectivity index is 1.41. The van der Waals surface area contributed by atoms with Crippen LogP contribution in [0.5, 0.6) is 5.75 Å². The molecule has 1 aromatic carbocycles. The van der Waals surface area contributed by atoms with E-state index in [1.807, 2.05) is 0 Å². The van der Waals surface area contributed by atoms with E-state index in [9.17, 15) is 4.79 Å². The number of likely N-dealkylation sites (tertiary alicyclic amines) is 1. The number of ether oxygens (including phenoxy) is 1. The first-order valence-electron chi connectivity index (χ1n) is 10.0. The summed E-state index contributed by atoms with van der Waals surface area (Å²) in [6.45, 7) is 4.53. The summed E-state index contributed by atoms with van der Waals surface area (Å²) in [7, 11) is 0. The molecule has 0 spiro atoms. The van der Waals surface area contributed by atoms with E-state index in [-0.39, 0.29) is 5.92 Å². The average Bonchev–Trinajstić information content (AvgIpc) is 2.58. The normalized spacial score (nSPS) is 24.5. The fourth-order valence-electron chi connectivity index (χ4n) is 4.47. The van der Waals surface area contributed by atoms with E-state index < -0.39 is 5.97 Å². The fourth-order valence-corrected chi connectivity index (χ4v) is 4.47. The summed E-state index contributed by atoms with van der Waals surface area (Å²) in [5, 5.41) is 9.03. The molecule has 3 aliphatic rings. The molecule has 1 saturated carbocycles. The second-order valence-electron chi connectivity index (χ2n) is 8.29. The third kappa shape index (κ3) is 3.80. The molecule has 1 unspecified atom stereocenters. The Kier molecular flexibility index (Phi) is 5.03. The maximum absolute atomic E-state index is 11.0. The van der Waals surface area contributed by atoms with Gasteiger partial charge in [0.25, 0.3) is 0 Å².